The highest BCUT2D eigenvalue weighted by molar-refractivity contribution is 5.99. The molecule has 0 bridgehead atoms. The molecule has 1 amide bonds. The van der Waals surface area contributed by atoms with E-state index in [1.807, 2.05) is 13.0 Å². The zero-order valence-electron chi connectivity index (χ0n) is 10.8. The summed E-state index contributed by atoms with van der Waals surface area (Å²) in [5.41, 5.74) is 0.347. The number of nitriles is 1. The molecule has 0 heterocycles. The number of hydrogen-bond donors (Lipinski definition) is 0. The number of benzene rings is 1. The van der Waals surface area contributed by atoms with E-state index in [-0.39, 0.29) is 12.5 Å². The van der Waals surface area contributed by atoms with Gasteiger partial charge in [-0.3, -0.25) is 4.79 Å². The van der Waals surface area contributed by atoms with Crippen molar-refractivity contribution in [3.8, 4) is 17.6 Å². The third-order valence-corrected chi connectivity index (χ3v) is 2.57. The Kier molecular flexibility index (Phi) is 5.00. The number of rotatable bonds is 5. The molecule has 5 nitrogen and oxygen atoms in total. The van der Waals surface area contributed by atoms with Crippen LogP contribution in [0.4, 0.5) is 0 Å². The molecule has 1 aromatic rings. The van der Waals surface area contributed by atoms with E-state index in [1.54, 1.807) is 18.2 Å². The van der Waals surface area contributed by atoms with Gasteiger partial charge in [0.05, 0.1) is 20.3 Å². The van der Waals surface area contributed by atoms with E-state index in [0.29, 0.717) is 23.6 Å². The molecule has 1 aromatic carbocycles. The predicted octanol–water partition coefficient (Wildman–Crippen LogP) is 1.69. The molecule has 0 radical (unpaired) electrons. The quantitative estimate of drug-likeness (QED) is 0.744. The molecule has 18 heavy (non-hydrogen) atoms. The van der Waals surface area contributed by atoms with Crippen LogP contribution in [-0.2, 0) is 0 Å². The summed E-state index contributed by atoms with van der Waals surface area (Å²) in [7, 11) is 2.98. The number of methoxy groups -OCH3 is 2. The highest BCUT2D eigenvalue weighted by atomic mass is 16.5. The minimum Gasteiger partial charge on any atom is -0.496 e. The van der Waals surface area contributed by atoms with Gasteiger partial charge in [-0.1, -0.05) is 6.07 Å². The summed E-state index contributed by atoms with van der Waals surface area (Å²) in [6.07, 6.45) is 0. The van der Waals surface area contributed by atoms with Gasteiger partial charge in [-0.05, 0) is 19.1 Å². The third-order valence-electron chi connectivity index (χ3n) is 2.57. The van der Waals surface area contributed by atoms with E-state index in [4.69, 9.17) is 14.7 Å². The summed E-state index contributed by atoms with van der Waals surface area (Å²) in [4.78, 5) is 13.8. The lowest BCUT2D eigenvalue weighted by molar-refractivity contribution is 0.0777. The first kappa shape index (κ1) is 13.8. The molecular formula is C13H16N2O3. The Hall–Kier alpha value is -2.22. The van der Waals surface area contributed by atoms with E-state index in [0.717, 1.165) is 0 Å². The van der Waals surface area contributed by atoms with Crippen molar-refractivity contribution in [2.45, 2.75) is 6.92 Å². The van der Waals surface area contributed by atoms with Crippen molar-refractivity contribution in [2.75, 3.05) is 27.3 Å². The number of carbonyl (C=O) groups is 1. The number of nitrogens with zero attached hydrogens (tertiary/aromatic N) is 2. The topological polar surface area (TPSA) is 62.6 Å². The number of amides is 1. The molecule has 0 spiro atoms. The van der Waals surface area contributed by atoms with Crippen LogP contribution in [0.2, 0.25) is 0 Å². The Morgan fingerprint density at radius 1 is 1.33 bits per heavy atom. The molecule has 0 saturated heterocycles. The van der Waals surface area contributed by atoms with Crippen molar-refractivity contribution in [1.82, 2.24) is 4.90 Å². The average Bonchev–Trinajstić information content (AvgIpc) is 2.42. The standard InChI is InChI=1S/C13H16N2O3/c1-4-15(9-8-14)13(16)12-10(17-2)6-5-7-11(12)18-3/h5-7H,4,9H2,1-3H3. The van der Waals surface area contributed by atoms with Crippen LogP contribution in [-0.4, -0.2) is 38.1 Å². The molecule has 0 fully saturated rings. The van der Waals surface area contributed by atoms with Crippen molar-refractivity contribution in [2.24, 2.45) is 0 Å². The molecule has 0 aliphatic heterocycles. The molecule has 0 N–H and O–H groups in total. The molecule has 1 rings (SSSR count). The highest BCUT2D eigenvalue weighted by Crippen LogP contribution is 2.29. The van der Waals surface area contributed by atoms with Gasteiger partial charge < -0.3 is 14.4 Å². The lowest BCUT2D eigenvalue weighted by Crippen LogP contribution is -2.31. The fourth-order valence-corrected chi connectivity index (χ4v) is 1.63. The van der Waals surface area contributed by atoms with E-state index in [2.05, 4.69) is 0 Å². The Bertz CT molecular complexity index is 444. The van der Waals surface area contributed by atoms with Crippen LogP contribution in [0.1, 0.15) is 17.3 Å². The molecule has 0 saturated carbocycles. The van der Waals surface area contributed by atoms with Crippen LogP contribution in [0.3, 0.4) is 0 Å². The van der Waals surface area contributed by atoms with Gasteiger partial charge in [0.25, 0.3) is 5.91 Å². The zero-order valence-corrected chi connectivity index (χ0v) is 10.8. The first-order valence-electron chi connectivity index (χ1n) is 5.56. The molecule has 0 aliphatic carbocycles. The van der Waals surface area contributed by atoms with Gasteiger partial charge in [0.15, 0.2) is 0 Å². The lowest BCUT2D eigenvalue weighted by Gasteiger charge is -2.20. The Morgan fingerprint density at radius 2 is 1.89 bits per heavy atom. The second kappa shape index (κ2) is 6.50. The van der Waals surface area contributed by atoms with Crippen molar-refractivity contribution >= 4 is 5.91 Å². The van der Waals surface area contributed by atoms with Gasteiger partial charge in [0.1, 0.15) is 23.6 Å². The van der Waals surface area contributed by atoms with Crippen molar-refractivity contribution < 1.29 is 14.3 Å². The molecule has 0 unspecified atom stereocenters. The summed E-state index contributed by atoms with van der Waals surface area (Å²) < 4.78 is 10.3. The van der Waals surface area contributed by atoms with Crippen molar-refractivity contribution in [3.05, 3.63) is 23.8 Å². The second-order valence-electron chi connectivity index (χ2n) is 3.51. The predicted molar refractivity (Wildman–Crippen MR) is 66.7 cm³/mol. The molecule has 96 valence electrons. The van der Waals surface area contributed by atoms with Crippen LogP contribution in [0.25, 0.3) is 0 Å². The van der Waals surface area contributed by atoms with Crippen molar-refractivity contribution in [3.63, 3.8) is 0 Å². The lowest BCUT2D eigenvalue weighted by atomic mass is 10.1. The van der Waals surface area contributed by atoms with Crippen molar-refractivity contribution in [1.29, 1.82) is 5.26 Å². The van der Waals surface area contributed by atoms with Gasteiger partial charge in [-0.2, -0.15) is 5.26 Å². The Morgan fingerprint density at radius 3 is 2.28 bits per heavy atom. The van der Waals surface area contributed by atoms with Gasteiger partial charge in [0.2, 0.25) is 0 Å². The van der Waals surface area contributed by atoms with Gasteiger partial charge in [-0.25, -0.2) is 0 Å². The Labute approximate surface area is 107 Å². The maximum absolute atomic E-state index is 12.3. The third kappa shape index (κ3) is 2.72. The smallest absolute Gasteiger partial charge is 0.262 e. The summed E-state index contributed by atoms with van der Waals surface area (Å²) >= 11 is 0. The molecular weight excluding hydrogens is 232 g/mol. The van der Waals surface area contributed by atoms with E-state index < -0.39 is 0 Å². The van der Waals surface area contributed by atoms with Crippen LogP contribution < -0.4 is 9.47 Å². The van der Waals surface area contributed by atoms with E-state index >= 15 is 0 Å². The SMILES string of the molecule is CCN(CC#N)C(=O)c1c(OC)cccc1OC. The van der Waals surface area contributed by atoms with E-state index in [1.165, 1.54) is 19.1 Å². The van der Waals surface area contributed by atoms with Gasteiger partial charge >= 0.3 is 0 Å². The maximum Gasteiger partial charge on any atom is 0.262 e. The van der Waals surface area contributed by atoms with Crippen LogP contribution >= 0.6 is 0 Å². The Balaban J connectivity index is 3.22. The monoisotopic (exact) mass is 248 g/mol. The number of carbonyl (C=O) groups excluding carboxylic acids is 1. The highest BCUT2D eigenvalue weighted by Gasteiger charge is 2.22. The minimum absolute atomic E-state index is 0.0382. The summed E-state index contributed by atoms with van der Waals surface area (Å²) in [5, 5.41) is 8.71. The van der Waals surface area contributed by atoms with Crippen LogP contribution in [0.5, 0.6) is 11.5 Å². The average molecular weight is 248 g/mol. The fourth-order valence-electron chi connectivity index (χ4n) is 1.63. The first-order valence-corrected chi connectivity index (χ1v) is 5.56. The molecule has 5 heteroatoms. The summed E-state index contributed by atoms with van der Waals surface area (Å²) in [6.45, 7) is 2.31. The summed E-state index contributed by atoms with van der Waals surface area (Å²) in [5.74, 6) is 0.611. The van der Waals surface area contributed by atoms with Crippen LogP contribution in [0, 0.1) is 11.3 Å². The zero-order chi connectivity index (χ0) is 13.5. The number of ether oxygens (including phenoxy) is 2. The number of hydrogen-bond acceptors (Lipinski definition) is 4. The van der Waals surface area contributed by atoms with Gasteiger partial charge in [-0.15, -0.1) is 0 Å². The molecule has 0 atom stereocenters. The molecule has 0 aromatic heterocycles. The van der Waals surface area contributed by atoms with Crippen LogP contribution in [0.15, 0.2) is 18.2 Å². The second-order valence-corrected chi connectivity index (χ2v) is 3.51. The maximum atomic E-state index is 12.3. The normalized spacial score (nSPS) is 9.44. The van der Waals surface area contributed by atoms with Gasteiger partial charge in [0, 0.05) is 6.54 Å². The molecule has 0 aliphatic rings. The largest absolute Gasteiger partial charge is 0.496 e. The first-order chi connectivity index (χ1) is 8.69. The minimum atomic E-state index is -0.270. The summed E-state index contributed by atoms with van der Waals surface area (Å²) in [6, 6.07) is 7.09. The van der Waals surface area contributed by atoms with E-state index in [9.17, 15) is 4.79 Å². The fraction of sp³-hybridized carbons (Fsp3) is 0.385.